The molecule has 1 fully saturated rings. The van der Waals surface area contributed by atoms with Gasteiger partial charge in [-0.2, -0.15) is 18.3 Å². The highest BCUT2D eigenvalue weighted by molar-refractivity contribution is 5.31. The van der Waals surface area contributed by atoms with Crippen molar-refractivity contribution < 1.29 is 13.2 Å². The Balaban J connectivity index is 1.78. The van der Waals surface area contributed by atoms with Crippen molar-refractivity contribution in [2.24, 2.45) is 0 Å². The van der Waals surface area contributed by atoms with Gasteiger partial charge in [-0.1, -0.05) is 18.2 Å². The number of nitrogens with one attached hydrogen (secondary N) is 2. The van der Waals surface area contributed by atoms with E-state index in [1.165, 1.54) is 12.1 Å². The van der Waals surface area contributed by atoms with Gasteiger partial charge in [-0.3, -0.25) is 5.10 Å². The minimum absolute atomic E-state index is 0.100. The van der Waals surface area contributed by atoms with Crippen LogP contribution in [-0.2, 0) is 12.6 Å². The second kappa shape index (κ2) is 6.08. The zero-order valence-corrected chi connectivity index (χ0v) is 12.0. The lowest BCUT2D eigenvalue weighted by Gasteiger charge is -2.19. The molecule has 1 unspecified atom stereocenters. The predicted octanol–water partition coefficient (Wildman–Crippen LogP) is 2.88. The first kappa shape index (κ1) is 15.0. The van der Waals surface area contributed by atoms with Gasteiger partial charge in [0.25, 0.3) is 0 Å². The van der Waals surface area contributed by atoms with Crippen LogP contribution in [0.1, 0.15) is 41.5 Å². The molecule has 0 radical (unpaired) electrons. The van der Waals surface area contributed by atoms with Gasteiger partial charge in [0.2, 0.25) is 0 Å². The highest BCUT2D eigenvalue weighted by atomic mass is 19.4. The van der Waals surface area contributed by atoms with E-state index in [9.17, 15) is 13.2 Å². The van der Waals surface area contributed by atoms with Crippen LogP contribution < -0.4 is 5.32 Å². The molecule has 118 valence electrons. The van der Waals surface area contributed by atoms with Gasteiger partial charge in [-0.25, -0.2) is 4.98 Å². The lowest BCUT2D eigenvalue weighted by molar-refractivity contribution is -0.138. The number of halogens is 3. The van der Waals surface area contributed by atoms with E-state index in [4.69, 9.17) is 0 Å². The fraction of sp³-hybridized carbons (Fsp3) is 0.467. The van der Waals surface area contributed by atoms with Crippen LogP contribution in [-0.4, -0.2) is 28.3 Å². The Kier molecular flexibility index (Phi) is 4.15. The minimum atomic E-state index is -4.35. The molecule has 3 rings (SSSR count). The lowest BCUT2D eigenvalue weighted by atomic mass is 9.99. The summed E-state index contributed by atoms with van der Waals surface area (Å²) < 4.78 is 39.0. The van der Waals surface area contributed by atoms with Crippen LogP contribution in [0.5, 0.6) is 0 Å². The summed E-state index contributed by atoms with van der Waals surface area (Å²) in [5.74, 6) is 1.39. The van der Waals surface area contributed by atoms with Crippen LogP contribution >= 0.6 is 0 Å². The van der Waals surface area contributed by atoms with E-state index in [0.717, 1.165) is 32.0 Å². The third kappa shape index (κ3) is 3.30. The van der Waals surface area contributed by atoms with Crippen LogP contribution in [0, 0.1) is 0 Å². The number of aromatic nitrogens is 3. The zero-order valence-electron chi connectivity index (χ0n) is 12.0. The Labute approximate surface area is 126 Å². The Morgan fingerprint density at radius 1 is 1.23 bits per heavy atom. The predicted molar refractivity (Wildman–Crippen MR) is 75.5 cm³/mol. The fourth-order valence-electron chi connectivity index (χ4n) is 2.78. The van der Waals surface area contributed by atoms with Crippen LogP contribution in [0.3, 0.4) is 0 Å². The van der Waals surface area contributed by atoms with Crippen molar-refractivity contribution in [1.82, 2.24) is 20.5 Å². The summed E-state index contributed by atoms with van der Waals surface area (Å²) in [5, 5.41) is 10.2. The third-order valence-corrected chi connectivity index (χ3v) is 3.89. The van der Waals surface area contributed by atoms with Crippen molar-refractivity contribution >= 4 is 0 Å². The Hall–Kier alpha value is -1.89. The molecule has 22 heavy (non-hydrogen) atoms. The standard InChI is InChI=1S/C15H17F3N4/c16-15(17,18)12-6-2-1-4-10(12)8-13-20-14(22-21-13)11-5-3-7-19-9-11/h1-2,4,6,11,19H,3,5,7-9H2,(H,20,21,22). The Bertz CT molecular complexity index is 630. The SMILES string of the molecule is FC(F)(F)c1ccccc1Cc1nc(C2CCCNC2)n[nH]1. The summed E-state index contributed by atoms with van der Waals surface area (Å²) in [5.41, 5.74) is -0.410. The maximum Gasteiger partial charge on any atom is 0.416 e. The second-order valence-corrected chi connectivity index (χ2v) is 5.52. The van der Waals surface area contributed by atoms with Gasteiger partial charge < -0.3 is 5.32 Å². The van der Waals surface area contributed by atoms with Gasteiger partial charge >= 0.3 is 6.18 Å². The van der Waals surface area contributed by atoms with Crippen molar-refractivity contribution in [3.8, 4) is 0 Å². The van der Waals surface area contributed by atoms with E-state index in [1.54, 1.807) is 6.07 Å². The van der Waals surface area contributed by atoms with Gasteiger partial charge in [0.1, 0.15) is 5.82 Å². The molecule has 1 aliphatic heterocycles. The molecule has 2 aromatic rings. The normalized spacial score (nSPS) is 19.3. The first-order valence-corrected chi connectivity index (χ1v) is 7.31. The number of hydrogen-bond donors (Lipinski definition) is 2. The van der Waals surface area contributed by atoms with Crippen molar-refractivity contribution in [2.75, 3.05) is 13.1 Å². The van der Waals surface area contributed by atoms with E-state index in [2.05, 4.69) is 20.5 Å². The average Bonchev–Trinajstić information content (AvgIpc) is 2.96. The summed E-state index contributed by atoms with van der Waals surface area (Å²) in [6.07, 6.45) is -2.19. The summed E-state index contributed by atoms with van der Waals surface area (Å²) in [7, 11) is 0. The van der Waals surface area contributed by atoms with Crippen molar-refractivity contribution in [2.45, 2.75) is 31.4 Å². The minimum Gasteiger partial charge on any atom is -0.316 e. The van der Waals surface area contributed by atoms with Crippen molar-refractivity contribution in [3.05, 3.63) is 47.0 Å². The Morgan fingerprint density at radius 3 is 2.77 bits per heavy atom. The number of benzene rings is 1. The molecule has 0 aliphatic carbocycles. The number of aromatic amines is 1. The number of H-pyrrole nitrogens is 1. The zero-order chi connectivity index (χ0) is 15.6. The van der Waals surface area contributed by atoms with E-state index in [0.29, 0.717) is 11.6 Å². The van der Waals surface area contributed by atoms with Crippen molar-refractivity contribution in [3.63, 3.8) is 0 Å². The van der Waals surface area contributed by atoms with Crippen LogP contribution in [0.4, 0.5) is 13.2 Å². The summed E-state index contributed by atoms with van der Waals surface area (Å²) in [6.45, 7) is 1.81. The van der Waals surface area contributed by atoms with Gasteiger partial charge in [-0.15, -0.1) is 0 Å². The smallest absolute Gasteiger partial charge is 0.316 e. The third-order valence-electron chi connectivity index (χ3n) is 3.89. The van der Waals surface area contributed by atoms with Gasteiger partial charge in [0.15, 0.2) is 5.82 Å². The van der Waals surface area contributed by atoms with Crippen LogP contribution in [0.25, 0.3) is 0 Å². The molecule has 0 spiro atoms. The molecular formula is C15H17F3N4. The van der Waals surface area contributed by atoms with Crippen LogP contribution in [0.15, 0.2) is 24.3 Å². The molecule has 2 N–H and O–H groups in total. The van der Waals surface area contributed by atoms with E-state index in [-0.39, 0.29) is 17.9 Å². The molecular weight excluding hydrogens is 293 g/mol. The Morgan fingerprint density at radius 2 is 2.05 bits per heavy atom. The van der Waals surface area contributed by atoms with E-state index >= 15 is 0 Å². The number of piperidine rings is 1. The molecule has 0 amide bonds. The monoisotopic (exact) mass is 310 g/mol. The first-order valence-electron chi connectivity index (χ1n) is 7.31. The largest absolute Gasteiger partial charge is 0.416 e. The van der Waals surface area contributed by atoms with Crippen molar-refractivity contribution in [1.29, 1.82) is 0 Å². The maximum absolute atomic E-state index is 13.0. The number of alkyl halides is 3. The molecule has 4 nitrogen and oxygen atoms in total. The second-order valence-electron chi connectivity index (χ2n) is 5.52. The molecule has 1 atom stereocenters. The van der Waals surface area contributed by atoms with Crippen LogP contribution in [0.2, 0.25) is 0 Å². The molecule has 1 aliphatic rings. The molecule has 7 heteroatoms. The molecule has 1 aromatic carbocycles. The molecule has 1 aromatic heterocycles. The summed E-state index contributed by atoms with van der Waals surface area (Å²) >= 11 is 0. The lowest BCUT2D eigenvalue weighted by Crippen LogP contribution is -2.28. The van der Waals surface area contributed by atoms with E-state index in [1.807, 2.05) is 0 Å². The van der Waals surface area contributed by atoms with Gasteiger partial charge in [0, 0.05) is 18.9 Å². The van der Waals surface area contributed by atoms with E-state index < -0.39 is 11.7 Å². The molecule has 0 bridgehead atoms. The molecule has 0 saturated carbocycles. The first-order chi connectivity index (χ1) is 10.5. The number of nitrogens with zero attached hydrogens (tertiary/aromatic N) is 2. The maximum atomic E-state index is 13.0. The summed E-state index contributed by atoms with van der Waals surface area (Å²) in [4.78, 5) is 4.38. The number of hydrogen-bond acceptors (Lipinski definition) is 3. The topological polar surface area (TPSA) is 53.6 Å². The number of rotatable bonds is 3. The fourth-order valence-corrected chi connectivity index (χ4v) is 2.78. The summed E-state index contributed by atoms with van der Waals surface area (Å²) in [6, 6.07) is 5.57. The average molecular weight is 310 g/mol. The molecule has 1 saturated heterocycles. The highest BCUT2D eigenvalue weighted by Gasteiger charge is 2.33. The van der Waals surface area contributed by atoms with Gasteiger partial charge in [0.05, 0.1) is 5.56 Å². The van der Waals surface area contributed by atoms with Gasteiger partial charge in [-0.05, 0) is 31.0 Å². The highest BCUT2D eigenvalue weighted by Crippen LogP contribution is 2.32. The molecule has 2 heterocycles. The quantitative estimate of drug-likeness (QED) is 0.916.